The number of hydrogen-bond acceptors (Lipinski definition) is 5. The van der Waals surface area contributed by atoms with Crippen molar-refractivity contribution in [3.63, 3.8) is 0 Å². The smallest absolute Gasteiger partial charge is 0.349 e. The van der Waals surface area contributed by atoms with Crippen LogP contribution in [0.25, 0.3) is 0 Å². The Balaban J connectivity index is 1.61. The van der Waals surface area contributed by atoms with Crippen molar-refractivity contribution in [1.29, 1.82) is 0 Å². The highest BCUT2D eigenvalue weighted by molar-refractivity contribution is 5.28. The number of hydrogen-bond donors (Lipinski definition) is 2. The SMILES string of the molecule is C[C@@H](O[C@H]1OCCN(Cc2n[nH]c(=O)[nH]2)[C@H]1c1ccccc1)c1cc(F)cc(C(F)(F)F)c1. The molecule has 0 amide bonds. The summed E-state index contributed by atoms with van der Waals surface area (Å²) >= 11 is 0. The van der Waals surface area contributed by atoms with Crippen molar-refractivity contribution in [1.82, 2.24) is 20.1 Å². The normalized spacial score (nSPS) is 20.6. The lowest BCUT2D eigenvalue weighted by Crippen LogP contribution is -2.46. The minimum atomic E-state index is -4.68. The molecule has 2 heterocycles. The zero-order valence-corrected chi connectivity index (χ0v) is 17.6. The van der Waals surface area contributed by atoms with Crippen LogP contribution in [0.3, 0.4) is 0 Å². The fourth-order valence-corrected chi connectivity index (χ4v) is 3.86. The van der Waals surface area contributed by atoms with E-state index in [0.29, 0.717) is 18.4 Å². The molecule has 7 nitrogen and oxygen atoms in total. The monoisotopic (exact) mass is 466 g/mol. The lowest BCUT2D eigenvalue weighted by Gasteiger charge is -2.41. The van der Waals surface area contributed by atoms with Crippen LogP contribution >= 0.6 is 0 Å². The average Bonchev–Trinajstić information content (AvgIpc) is 3.18. The molecule has 11 heteroatoms. The molecule has 4 rings (SSSR count). The van der Waals surface area contributed by atoms with Gasteiger partial charge in [0, 0.05) is 6.54 Å². The van der Waals surface area contributed by atoms with E-state index in [1.807, 2.05) is 35.2 Å². The number of benzene rings is 2. The van der Waals surface area contributed by atoms with E-state index in [1.165, 1.54) is 0 Å². The van der Waals surface area contributed by atoms with Gasteiger partial charge in [0.25, 0.3) is 0 Å². The Bertz CT molecular complexity index is 1130. The number of aromatic nitrogens is 3. The third kappa shape index (κ3) is 5.49. The van der Waals surface area contributed by atoms with Crippen LogP contribution in [0.1, 0.15) is 41.6 Å². The zero-order valence-electron chi connectivity index (χ0n) is 17.6. The van der Waals surface area contributed by atoms with Gasteiger partial charge in [0.2, 0.25) is 0 Å². The fraction of sp³-hybridized carbons (Fsp3) is 0.364. The van der Waals surface area contributed by atoms with Gasteiger partial charge >= 0.3 is 11.9 Å². The summed E-state index contributed by atoms with van der Waals surface area (Å²) < 4.78 is 65.2. The van der Waals surface area contributed by atoms with Crippen molar-refractivity contribution >= 4 is 0 Å². The van der Waals surface area contributed by atoms with Crippen molar-refractivity contribution in [2.75, 3.05) is 13.2 Å². The first kappa shape index (κ1) is 23.1. The number of alkyl halides is 3. The lowest BCUT2D eigenvalue weighted by molar-refractivity contribution is -0.231. The second-order valence-electron chi connectivity index (χ2n) is 7.74. The van der Waals surface area contributed by atoms with Gasteiger partial charge < -0.3 is 9.47 Å². The highest BCUT2D eigenvalue weighted by Gasteiger charge is 2.37. The summed E-state index contributed by atoms with van der Waals surface area (Å²) in [7, 11) is 0. The van der Waals surface area contributed by atoms with Crippen molar-refractivity contribution < 1.29 is 27.0 Å². The van der Waals surface area contributed by atoms with Crippen molar-refractivity contribution in [3.05, 3.63) is 87.3 Å². The Morgan fingerprint density at radius 3 is 2.67 bits per heavy atom. The van der Waals surface area contributed by atoms with Crippen LogP contribution in [0.2, 0.25) is 0 Å². The van der Waals surface area contributed by atoms with Crippen LogP contribution in [0.15, 0.2) is 53.3 Å². The third-order valence-electron chi connectivity index (χ3n) is 5.41. The molecule has 0 saturated carbocycles. The molecule has 0 radical (unpaired) electrons. The van der Waals surface area contributed by atoms with E-state index in [9.17, 15) is 22.4 Å². The molecule has 2 N–H and O–H groups in total. The molecule has 0 spiro atoms. The van der Waals surface area contributed by atoms with E-state index >= 15 is 0 Å². The number of halogens is 4. The van der Waals surface area contributed by atoms with Gasteiger partial charge in [0.15, 0.2) is 6.29 Å². The number of nitrogens with zero attached hydrogens (tertiary/aromatic N) is 2. The molecule has 0 unspecified atom stereocenters. The van der Waals surface area contributed by atoms with E-state index in [0.717, 1.165) is 17.7 Å². The quantitative estimate of drug-likeness (QED) is 0.538. The largest absolute Gasteiger partial charge is 0.416 e. The molecule has 1 saturated heterocycles. The second-order valence-corrected chi connectivity index (χ2v) is 7.74. The number of nitrogens with one attached hydrogen (secondary N) is 2. The predicted octanol–water partition coefficient (Wildman–Crippen LogP) is 3.93. The standard InChI is InChI=1S/C22H22F4N4O3/c1-13(15-9-16(22(24,25)26)11-17(23)10-15)33-20-19(14-5-3-2-4-6-14)30(7-8-32-20)12-18-27-21(31)29-28-18/h2-6,9-11,13,19-20H,7-8,12H2,1H3,(H2,27,28,29,31)/t13-,19+,20-/m1/s1. The highest BCUT2D eigenvalue weighted by atomic mass is 19.4. The number of aromatic amines is 2. The first-order chi connectivity index (χ1) is 15.7. The number of ether oxygens (including phenoxy) is 2. The minimum absolute atomic E-state index is 0.0477. The number of rotatable bonds is 6. The van der Waals surface area contributed by atoms with Crippen LogP contribution in [-0.4, -0.2) is 39.5 Å². The number of H-pyrrole nitrogens is 2. The summed E-state index contributed by atoms with van der Waals surface area (Å²) in [5, 5.41) is 6.27. The molecule has 1 aliphatic heterocycles. The molecule has 176 valence electrons. The Kier molecular flexibility index (Phi) is 6.63. The maximum Gasteiger partial charge on any atom is 0.416 e. The fourth-order valence-electron chi connectivity index (χ4n) is 3.86. The first-order valence-corrected chi connectivity index (χ1v) is 10.3. The summed E-state index contributed by atoms with van der Waals surface area (Å²) in [6.45, 7) is 2.62. The third-order valence-corrected chi connectivity index (χ3v) is 5.41. The van der Waals surface area contributed by atoms with Gasteiger partial charge in [-0.2, -0.15) is 18.3 Å². The molecule has 0 bridgehead atoms. The van der Waals surface area contributed by atoms with Crippen LogP contribution in [-0.2, 0) is 22.2 Å². The predicted molar refractivity (Wildman–Crippen MR) is 109 cm³/mol. The van der Waals surface area contributed by atoms with Gasteiger partial charge in [-0.05, 0) is 36.2 Å². The average molecular weight is 466 g/mol. The second kappa shape index (κ2) is 9.46. The van der Waals surface area contributed by atoms with Gasteiger partial charge in [0.05, 0.1) is 30.9 Å². The van der Waals surface area contributed by atoms with Crippen LogP contribution in [0, 0.1) is 5.82 Å². The molecule has 3 aromatic rings. The van der Waals surface area contributed by atoms with E-state index in [1.54, 1.807) is 6.92 Å². The van der Waals surface area contributed by atoms with Gasteiger partial charge in [-0.1, -0.05) is 30.3 Å². The van der Waals surface area contributed by atoms with Gasteiger partial charge in [0.1, 0.15) is 11.6 Å². The molecular weight excluding hydrogens is 444 g/mol. The Morgan fingerprint density at radius 1 is 1.24 bits per heavy atom. The summed E-state index contributed by atoms with van der Waals surface area (Å²) in [4.78, 5) is 16.0. The molecular formula is C22H22F4N4O3. The van der Waals surface area contributed by atoms with E-state index < -0.39 is 41.7 Å². The Labute approximate surface area is 186 Å². The molecule has 1 aromatic heterocycles. The van der Waals surface area contributed by atoms with Crippen LogP contribution in [0.4, 0.5) is 17.6 Å². The van der Waals surface area contributed by atoms with Gasteiger partial charge in [-0.25, -0.2) is 14.3 Å². The van der Waals surface area contributed by atoms with Crippen LogP contribution in [0.5, 0.6) is 0 Å². The molecule has 1 fully saturated rings. The maximum absolute atomic E-state index is 13.9. The molecule has 3 atom stereocenters. The summed E-state index contributed by atoms with van der Waals surface area (Å²) in [6.07, 6.45) is -6.43. The van der Waals surface area contributed by atoms with Gasteiger partial charge in [-0.3, -0.25) is 9.88 Å². The molecule has 1 aliphatic rings. The van der Waals surface area contributed by atoms with E-state index in [4.69, 9.17) is 9.47 Å². The maximum atomic E-state index is 13.9. The summed E-state index contributed by atoms with van der Waals surface area (Å²) in [5.41, 5.74) is -0.613. The Hall–Kier alpha value is -3.02. The molecule has 2 aromatic carbocycles. The number of morpholine rings is 1. The van der Waals surface area contributed by atoms with E-state index in [-0.39, 0.29) is 18.7 Å². The summed E-state index contributed by atoms with van der Waals surface area (Å²) in [6, 6.07) is 11.2. The topological polar surface area (TPSA) is 83.2 Å². The minimum Gasteiger partial charge on any atom is -0.349 e. The Morgan fingerprint density at radius 2 is 2.00 bits per heavy atom. The van der Waals surface area contributed by atoms with Crippen molar-refractivity contribution in [3.8, 4) is 0 Å². The molecule has 0 aliphatic carbocycles. The van der Waals surface area contributed by atoms with Crippen LogP contribution < -0.4 is 5.69 Å². The van der Waals surface area contributed by atoms with Crippen molar-refractivity contribution in [2.45, 2.75) is 38.1 Å². The lowest BCUT2D eigenvalue weighted by atomic mass is 10.0. The van der Waals surface area contributed by atoms with Crippen molar-refractivity contribution in [2.24, 2.45) is 0 Å². The zero-order chi connectivity index (χ0) is 23.6. The first-order valence-electron chi connectivity index (χ1n) is 10.3. The van der Waals surface area contributed by atoms with E-state index in [2.05, 4.69) is 15.2 Å². The molecule has 33 heavy (non-hydrogen) atoms. The summed E-state index contributed by atoms with van der Waals surface area (Å²) in [5.74, 6) is -0.571. The van der Waals surface area contributed by atoms with Gasteiger partial charge in [-0.15, -0.1) is 0 Å². The highest BCUT2D eigenvalue weighted by Crippen LogP contribution is 2.36.